The predicted molar refractivity (Wildman–Crippen MR) is 74.4 cm³/mol. The van der Waals surface area contributed by atoms with Crippen molar-refractivity contribution in [2.75, 3.05) is 4.72 Å². The minimum atomic E-state index is -3.57. The number of nitrogens with zero attached hydrogens (tertiary/aromatic N) is 3. The summed E-state index contributed by atoms with van der Waals surface area (Å²) in [4.78, 5) is 14.9. The molecule has 0 saturated carbocycles. The van der Waals surface area contributed by atoms with Crippen molar-refractivity contribution in [3.8, 4) is 0 Å². The van der Waals surface area contributed by atoms with Gasteiger partial charge in [0.15, 0.2) is 5.65 Å². The van der Waals surface area contributed by atoms with Crippen molar-refractivity contribution in [3.05, 3.63) is 48.4 Å². The van der Waals surface area contributed by atoms with E-state index in [0.29, 0.717) is 16.9 Å². The van der Waals surface area contributed by atoms with E-state index in [9.17, 15) is 8.42 Å². The molecule has 3 aromatic rings. The Labute approximate surface area is 115 Å². The summed E-state index contributed by atoms with van der Waals surface area (Å²) in [7, 11) is -3.57. The molecule has 0 unspecified atom stereocenters. The van der Waals surface area contributed by atoms with E-state index in [2.05, 4.69) is 24.7 Å². The number of imidazole rings is 1. The van der Waals surface area contributed by atoms with Gasteiger partial charge in [-0.3, -0.25) is 9.71 Å². The maximum atomic E-state index is 12.0. The first-order valence-electron chi connectivity index (χ1n) is 5.83. The highest BCUT2D eigenvalue weighted by atomic mass is 32.2. The molecular formula is C12H11N5O2S. The molecule has 0 amide bonds. The number of rotatable bonds is 4. The molecule has 0 aromatic carbocycles. The third kappa shape index (κ3) is 2.75. The SMILES string of the molecule is O=S(=O)(Cc1ccccn1)Nc1nc2ncccc2[nH]1. The van der Waals surface area contributed by atoms with Crippen LogP contribution < -0.4 is 4.72 Å². The summed E-state index contributed by atoms with van der Waals surface area (Å²) >= 11 is 0. The highest BCUT2D eigenvalue weighted by Crippen LogP contribution is 2.13. The molecule has 8 heteroatoms. The first kappa shape index (κ1) is 12.5. The standard InChI is InChI=1S/C12H11N5O2S/c18-20(19,8-9-4-1-2-6-13-9)17-12-15-10-5-3-7-14-11(10)16-12/h1-7H,8H2,(H2,14,15,16,17). The number of hydrogen-bond acceptors (Lipinski definition) is 5. The van der Waals surface area contributed by atoms with Crippen LogP contribution in [0.5, 0.6) is 0 Å². The lowest BCUT2D eigenvalue weighted by atomic mass is 10.4. The molecule has 0 fully saturated rings. The summed E-state index contributed by atoms with van der Waals surface area (Å²) in [6.45, 7) is 0. The van der Waals surface area contributed by atoms with Crippen molar-refractivity contribution in [2.24, 2.45) is 0 Å². The first-order valence-corrected chi connectivity index (χ1v) is 7.49. The van der Waals surface area contributed by atoms with Crippen molar-refractivity contribution in [2.45, 2.75) is 5.75 Å². The minimum absolute atomic E-state index is 0.148. The van der Waals surface area contributed by atoms with Crippen LogP contribution in [-0.2, 0) is 15.8 Å². The Bertz CT molecular complexity index is 796. The smallest absolute Gasteiger partial charge is 0.240 e. The van der Waals surface area contributed by atoms with E-state index in [0.717, 1.165) is 0 Å². The zero-order valence-corrected chi connectivity index (χ0v) is 11.1. The van der Waals surface area contributed by atoms with E-state index in [1.54, 1.807) is 42.7 Å². The van der Waals surface area contributed by atoms with Crippen LogP contribution in [0.2, 0.25) is 0 Å². The fraction of sp³-hybridized carbons (Fsp3) is 0.0833. The number of fused-ring (bicyclic) bond motifs is 1. The fourth-order valence-electron chi connectivity index (χ4n) is 1.75. The summed E-state index contributed by atoms with van der Waals surface area (Å²) in [5, 5.41) is 0. The number of H-pyrrole nitrogens is 1. The molecule has 20 heavy (non-hydrogen) atoms. The van der Waals surface area contributed by atoms with E-state index < -0.39 is 10.0 Å². The molecule has 0 atom stereocenters. The molecule has 0 spiro atoms. The molecular weight excluding hydrogens is 278 g/mol. The highest BCUT2D eigenvalue weighted by molar-refractivity contribution is 7.91. The summed E-state index contributed by atoms with van der Waals surface area (Å²) < 4.78 is 26.4. The minimum Gasteiger partial charge on any atom is -0.322 e. The van der Waals surface area contributed by atoms with Gasteiger partial charge >= 0.3 is 0 Å². The van der Waals surface area contributed by atoms with Crippen LogP contribution in [0.1, 0.15) is 5.69 Å². The Hall–Kier alpha value is -2.48. The van der Waals surface area contributed by atoms with E-state index in [-0.39, 0.29) is 11.7 Å². The summed E-state index contributed by atoms with van der Waals surface area (Å²) in [6, 6.07) is 8.63. The number of sulfonamides is 1. The lowest BCUT2D eigenvalue weighted by Gasteiger charge is -2.04. The maximum absolute atomic E-state index is 12.0. The van der Waals surface area contributed by atoms with E-state index in [4.69, 9.17) is 0 Å². The highest BCUT2D eigenvalue weighted by Gasteiger charge is 2.15. The average molecular weight is 289 g/mol. The van der Waals surface area contributed by atoms with Crippen LogP contribution in [0.3, 0.4) is 0 Å². The third-order valence-corrected chi connectivity index (χ3v) is 3.75. The van der Waals surface area contributed by atoms with Crippen molar-refractivity contribution >= 4 is 27.1 Å². The molecule has 3 heterocycles. The van der Waals surface area contributed by atoms with Gasteiger partial charge in [-0.25, -0.2) is 13.4 Å². The quantitative estimate of drug-likeness (QED) is 0.753. The normalized spacial score (nSPS) is 11.6. The van der Waals surface area contributed by atoms with Crippen LogP contribution in [0.15, 0.2) is 42.7 Å². The topological polar surface area (TPSA) is 101 Å². The van der Waals surface area contributed by atoms with Gasteiger partial charge in [-0.05, 0) is 24.3 Å². The molecule has 0 aliphatic rings. The van der Waals surface area contributed by atoms with Crippen LogP contribution in [0.4, 0.5) is 5.95 Å². The largest absolute Gasteiger partial charge is 0.322 e. The molecule has 0 aliphatic carbocycles. The van der Waals surface area contributed by atoms with Gasteiger partial charge in [0.1, 0.15) is 5.75 Å². The Morgan fingerprint density at radius 3 is 2.70 bits per heavy atom. The molecule has 0 saturated heterocycles. The van der Waals surface area contributed by atoms with Gasteiger partial charge in [0.05, 0.1) is 11.2 Å². The van der Waals surface area contributed by atoms with E-state index >= 15 is 0 Å². The van der Waals surface area contributed by atoms with Gasteiger partial charge in [0, 0.05) is 12.4 Å². The second-order valence-corrected chi connectivity index (χ2v) is 5.86. The Balaban J connectivity index is 1.82. The number of anilines is 1. The number of aromatic amines is 1. The molecule has 7 nitrogen and oxygen atoms in total. The number of aromatic nitrogens is 4. The predicted octanol–water partition coefficient (Wildman–Crippen LogP) is 1.29. The Morgan fingerprint density at radius 1 is 1.10 bits per heavy atom. The van der Waals surface area contributed by atoms with Gasteiger partial charge in [0.25, 0.3) is 0 Å². The fourth-order valence-corrected chi connectivity index (χ4v) is 2.78. The number of pyridine rings is 2. The average Bonchev–Trinajstić information content (AvgIpc) is 2.80. The molecule has 3 rings (SSSR count). The molecule has 102 valence electrons. The monoisotopic (exact) mass is 289 g/mol. The number of hydrogen-bond donors (Lipinski definition) is 2. The van der Waals surface area contributed by atoms with Crippen LogP contribution in [0, 0.1) is 0 Å². The van der Waals surface area contributed by atoms with Crippen molar-refractivity contribution in [3.63, 3.8) is 0 Å². The third-order valence-electron chi connectivity index (χ3n) is 2.57. The number of nitrogens with one attached hydrogen (secondary N) is 2. The molecule has 3 aromatic heterocycles. The summed E-state index contributed by atoms with van der Waals surface area (Å²) in [5.41, 5.74) is 1.60. The van der Waals surface area contributed by atoms with Crippen LogP contribution >= 0.6 is 0 Å². The van der Waals surface area contributed by atoms with Gasteiger partial charge in [-0.15, -0.1) is 0 Å². The maximum Gasteiger partial charge on any atom is 0.240 e. The van der Waals surface area contributed by atoms with Gasteiger partial charge in [-0.1, -0.05) is 6.07 Å². The summed E-state index contributed by atoms with van der Waals surface area (Å²) in [6.07, 6.45) is 3.14. The van der Waals surface area contributed by atoms with E-state index in [1.165, 1.54) is 0 Å². The van der Waals surface area contributed by atoms with Crippen LogP contribution in [0.25, 0.3) is 11.2 Å². The zero-order valence-electron chi connectivity index (χ0n) is 10.3. The van der Waals surface area contributed by atoms with Crippen LogP contribution in [-0.4, -0.2) is 28.4 Å². The zero-order chi connectivity index (χ0) is 14.0. The molecule has 2 N–H and O–H groups in total. The lowest BCUT2D eigenvalue weighted by molar-refractivity contribution is 0.599. The van der Waals surface area contributed by atoms with E-state index in [1.807, 2.05) is 0 Å². The molecule has 0 radical (unpaired) electrons. The van der Waals surface area contributed by atoms with Gasteiger partial charge < -0.3 is 4.98 Å². The van der Waals surface area contributed by atoms with Crippen molar-refractivity contribution < 1.29 is 8.42 Å². The first-order chi connectivity index (χ1) is 9.62. The Morgan fingerprint density at radius 2 is 1.95 bits per heavy atom. The van der Waals surface area contributed by atoms with Gasteiger partial charge in [0.2, 0.25) is 16.0 Å². The second-order valence-electron chi connectivity index (χ2n) is 4.14. The van der Waals surface area contributed by atoms with Crippen molar-refractivity contribution in [1.29, 1.82) is 0 Å². The Kier molecular flexibility index (Phi) is 3.07. The molecule has 0 aliphatic heterocycles. The summed E-state index contributed by atoms with van der Waals surface area (Å²) in [5.74, 6) is -0.0622. The van der Waals surface area contributed by atoms with Gasteiger partial charge in [-0.2, -0.15) is 4.98 Å². The van der Waals surface area contributed by atoms with Crippen molar-refractivity contribution in [1.82, 2.24) is 19.9 Å². The second kappa shape index (κ2) is 4.89. The molecule has 0 bridgehead atoms. The lowest BCUT2D eigenvalue weighted by Crippen LogP contribution is -2.16.